The zero-order valence-electron chi connectivity index (χ0n) is 16.4. The molecule has 154 valence electrons. The maximum Gasteiger partial charge on any atom is 0.237 e. The summed E-state index contributed by atoms with van der Waals surface area (Å²) < 4.78 is 1.74. The molecular weight excluding hydrogens is 398 g/mol. The fourth-order valence-electron chi connectivity index (χ4n) is 3.34. The summed E-state index contributed by atoms with van der Waals surface area (Å²) in [6.45, 7) is 0.0272. The number of carbonyl (C=O) groups is 2. The number of amides is 2. The van der Waals surface area contributed by atoms with Crippen LogP contribution in [0.3, 0.4) is 0 Å². The predicted octanol–water partition coefficient (Wildman–Crippen LogP) is 2.64. The minimum absolute atomic E-state index is 0.0272. The third-order valence-electron chi connectivity index (χ3n) is 4.91. The molecule has 30 heavy (non-hydrogen) atoms. The smallest absolute Gasteiger partial charge is 0.237 e. The Morgan fingerprint density at radius 2 is 1.63 bits per heavy atom. The fraction of sp³-hybridized carbons (Fsp3) is 0.273. The van der Waals surface area contributed by atoms with Gasteiger partial charge in [0, 0.05) is 5.92 Å². The minimum Gasteiger partial charge on any atom is -0.368 e. The van der Waals surface area contributed by atoms with Crippen molar-refractivity contribution in [3.8, 4) is 0 Å². The number of benzene rings is 2. The Hall–Kier alpha value is -3.13. The highest BCUT2D eigenvalue weighted by Crippen LogP contribution is 2.40. The largest absolute Gasteiger partial charge is 0.368 e. The van der Waals surface area contributed by atoms with E-state index >= 15 is 0 Å². The first kappa shape index (κ1) is 20.2. The lowest BCUT2D eigenvalue weighted by atomic mass is 9.99. The summed E-state index contributed by atoms with van der Waals surface area (Å²) in [5, 5.41) is 12.1. The maximum absolute atomic E-state index is 12.8. The number of hydrogen-bond donors (Lipinski definition) is 2. The number of thioether (sulfide) groups is 1. The van der Waals surface area contributed by atoms with E-state index in [4.69, 9.17) is 5.73 Å². The molecule has 0 spiro atoms. The Morgan fingerprint density at radius 3 is 2.17 bits per heavy atom. The highest BCUT2D eigenvalue weighted by molar-refractivity contribution is 7.99. The summed E-state index contributed by atoms with van der Waals surface area (Å²) in [6, 6.07) is 19.5. The molecule has 2 aromatic carbocycles. The van der Waals surface area contributed by atoms with Gasteiger partial charge in [0.2, 0.25) is 11.8 Å². The molecule has 0 saturated heterocycles. The van der Waals surface area contributed by atoms with Crippen LogP contribution in [0.2, 0.25) is 0 Å². The van der Waals surface area contributed by atoms with Gasteiger partial charge in [-0.25, -0.2) is 0 Å². The van der Waals surface area contributed by atoms with E-state index in [1.807, 2.05) is 60.7 Å². The third kappa shape index (κ3) is 4.88. The molecule has 0 unspecified atom stereocenters. The number of hydrogen-bond acceptors (Lipinski definition) is 5. The summed E-state index contributed by atoms with van der Waals surface area (Å²) in [5.41, 5.74) is 7.41. The van der Waals surface area contributed by atoms with E-state index in [-0.39, 0.29) is 24.2 Å². The van der Waals surface area contributed by atoms with Crippen molar-refractivity contribution < 1.29 is 9.59 Å². The molecule has 0 aliphatic heterocycles. The van der Waals surface area contributed by atoms with Crippen molar-refractivity contribution >= 4 is 23.6 Å². The lowest BCUT2D eigenvalue weighted by Gasteiger charge is -2.20. The van der Waals surface area contributed by atoms with Crippen molar-refractivity contribution in [2.24, 2.45) is 5.73 Å². The molecule has 7 nitrogen and oxygen atoms in total. The average molecular weight is 422 g/mol. The summed E-state index contributed by atoms with van der Waals surface area (Å²) >= 11 is 1.27. The van der Waals surface area contributed by atoms with Gasteiger partial charge in [0.15, 0.2) is 5.16 Å². The zero-order chi connectivity index (χ0) is 20.9. The lowest BCUT2D eigenvalue weighted by molar-refractivity contribution is -0.119. The van der Waals surface area contributed by atoms with Crippen molar-refractivity contribution in [1.82, 2.24) is 20.1 Å². The standard InChI is InChI=1S/C22H23N5O2S/c23-18(28)13-27-21(17-11-12-17)25-26-22(27)30-14-19(29)24-20(15-7-3-1-4-8-15)16-9-5-2-6-10-16/h1-10,17,20H,11-14H2,(H2,23,28)(H,24,29). The van der Waals surface area contributed by atoms with E-state index in [0.717, 1.165) is 29.8 Å². The van der Waals surface area contributed by atoms with Gasteiger partial charge in [-0.05, 0) is 24.0 Å². The van der Waals surface area contributed by atoms with Gasteiger partial charge < -0.3 is 11.1 Å². The molecule has 1 aromatic heterocycles. The van der Waals surface area contributed by atoms with Crippen LogP contribution in [-0.4, -0.2) is 32.3 Å². The monoisotopic (exact) mass is 421 g/mol. The van der Waals surface area contributed by atoms with E-state index in [1.54, 1.807) is 4.57 Å². The number of carbonyl (C=O) groups excluding carboxylic acids is 2. The number of nitrogens with zero attached hydrogens (tertiary/aromatic N) is 3. The number of primary amides is 1. The maximum atomic E-state index is 12.8. The molecule has 8 heteroatoms. The summed E-state index contributed by atoms with van der Waals surface area (Å²) in [7, 11) is 0. The van der Waals surface area contributed by atoms with Gasteiger partial charge in [-0.3, -0.25) is 14.2 Å². The van der Waals surface area contributed by atoms with Gasteiger partial charge in [-0.2, -0.15) is 0 Å². The quantitative estimate of drug-likeness (QED) is 0.517. The molecule has 1 saturated carbocycles. The second-order valence-electron chi connectivity index (χ2n) is 7.28. The fourth-order valence-corrected chi connectivity index (χ4v) is 4.09. The molecule has 1 heterocycles. The lowest BCUT2D eigenvalue weighted by Crippen LogP contribution is -2.30. The van der Waals surface area contributed by atoms with E-state index in [1.165, 1.54) is 11.8 Å². The summed E-state index contributed by atoms with van der Waals surface area (Å²) in [6.07, 6.45) is 2.08. The Labute approximate surface area is 179 Å². The molecule has 0 radical (unpaired) electrons. The number of nitrogens with one attached hydrogen (secondary N) is 1. The summed E-state index contributed by atoms with van der Waals surface area (Å²) in [5.74, 6) is 0.705. The van der Waals surface area contributed by atoms with Gasteiger partial charge in [0.25, 0.3) is 0 Å². The normalized spacial score (nSPS) is 13.4. The van der Waals surface area contributed by atoms with Crippen LogP contribution in [-0.2, 0) is 16.1 Å². The molecule has 1 aliphatic rings. The van der Waals surface area contributed by atoms with Crippen LogP contribution in [0.15, 0.2) is 65.8 Å². The minimum atomic E-state index is -0.448. The van der Waals surface area contributed by atoms with Gasteiger partial charge in [0.1, 0.15) is 12.4 Å². The van der Waals surface area contributed by atoms with Crippen molar-refractivity contribution in [1.29, 1.82) is 0 Å². The van der Waals surface area contributed by atoms with E-state index in [0.29, 0.717) is 11.1 Å². The first-order valence-electron chi connectivity index (χ1n) is 9.85. The van der Waals surface area contributed by atoms with E-state index < -0.39 is 5.91 Å². The topological polar surface area (TPSA) is 103 Å². The van der Waals surface area contributed by atoms with Crippen LogP contribution in [0.5, 0.6) is 0 Å². The molecular formula is C22H23N5O2S. The molecule has 2 amide bonds. The van der Waals surface area contributed by atoms with Crippen LogP contribution in [0.4, 0.5) is 0 Å². The Balaban J connectivity index is 1.46. The SMILES string of the molecule is NC(=O)Cn1c(SCC(=O)NC(c2ccccc2)c2ccccc2)nnc1C1CC1. The molecule has 4 rings (SSSR count). The van der Waals surface area contributed by atoms with Crippen molar-refractivity contribution in [2.45, 2.75) is 36.5 Å². The number of aromatic nitrogens is 3. The highest BCUT2D eigenvalue weighted by Gasteiger charge is 2.31. The van der Waals surface area contributed by atoms with Crippen LogP contribution in [0, 0.1) is 0 Å². The summed E-state index contributed by atoms with van der Waals surface area (Å²) in [4.78, 5) is 24.2. The Bertz CT molecular complexity index is 979. The van der Waals surface area contributed by atoms with Gasteiger partial charge in [0.05, 0.1) is 11.8 Å². The van der Waals surface area contributed by atoms with Crippen molar-refractivity contribution in [2.75, 3.05) is 5.75 Å². The Kier molecular flexibility index (Phi) is 6.13. The number of nitrogens with two attached hydrogens (primary N) is 1. The van der Waals surface area contributed by atoms with Crippen LogP contribution < -0.4 is 11.1 Å². The molecule has 0 bridgehead atoms. The highest BCUT2D eigenvalue weighted by atomic mass is 32.2. The van der Waals surface area contributed by atoms with Crippen molar-refractivity contribution in [3.63, 3.8) is 0 Å². The van der Waals surface area contributed by atoms with Crippen LogP contribution >= 0.6 is 11.8 Å². The van der Waals surface area contributed by atoms with E-state index in [9.17, 15) is 9.59 Å². The second-order valence-corrected chi connectivity index (χ2v) is 8.22. The van der Waals surface area contributed by atoms with Gasteiger partial charge in [-0.15, -0.1) is 10.2 Å². The molecule has 0 atom stereocenters. The second kappa shape index (κ2) is 9.13. The number of rotatable bonds is 9. The Morgan fingerprint density at radius 1 is 1.03 bits per heavy atom. The molecule has 3 aromatic rings. The van der Waals surface area contributed by atoms with E-state index in [2.05, 4.69) is 15.5 Å². The van der Waals surface area contributed by atoms with Crippen molar-refractivity contribution in [3.05, 3.63) is 77.6 Å². The molecule has 3 N–H and O–H groups in total. The van der Waals surface area contributed by atoms with Crippen LogP contribution in [0.1, 0.15) is 41.8 Å². The predicted molar refractivity (Wildman–Crippen MR) is 115 cm³/mol. The van der Waals surface area contributed by atoms with Gasteiger partial charge in [-0.1, -0.05) is 72.4 Å². The first-order valence-corrected chi connectivity index (χ1v) is 10.8. The third-order valence-corrected chi connectivity index (χ3v) is 5.87. The van der Waals surface area contributed by atoms with Gasteiger partial charge >= 0.3 is 0 Å². The first-order chi connectivity index (χ1) is 14.6. The van der Waals surface area contributed by atoms with Crippen LogP contribution in [0.25, 0.3) is 0 Å². The molecule has 1 fully saturated rings. The average Bonchev–Trinajstić information content (AvgIpc) is 3.53. The zero-order valence-corrected chi connectivity index (χ0v) is 17.2. The molecule has 1 aliphatic carbocycles.